The van der Waals surface area contributed by atoms with Gasteiger partial charge in [0, 0.05) is 5.39 Å². The summed E-state index contributed by atoms with van der Waals surface area (Å²) in [6.07, 6.45) is 0.669. The molecule has 1 N–H and O–H groups in total. The number of aliphatic hydroxyl groups is 1. The minimum atomic E-state index is -0.849. The van der Waals surface area contributed by atoms with Crippen molar-refractivity contribution in [1.29, 1.82) is 0 Å². The molecule has 4 nitrogen and oxygen atoms in total. The molecule has 3 rings (SSSR count). The van der Waals surface area contributed by atoms with Crippen LogP contribution in [0.2, 0.25) is 5.02 Å². The van der Waals surface area contributed by atoms with E-state index >= 15 is 0 Å². The lowest BCUT2D eigenvalue weighted by Gasteiger charge is -2.01. The second kappa shape index (κ2) is 4.10. The van der Waals surface area contributed by atoms with Crippen LogP contribution in [0.25, 0.3) is 11.0 Å². The Morgan fingerprint density at radius 3 is 3.00 bits per heavy atom. The largest absolute Gasteiger partial charge is 0.456 e. The third kappa shape index (κ3) is 1.82. The van der Waals surface area contributed by atoms with Gasteiger partial charge >= 0.3 is 0 Å². The van der Waals surface area contributed by atoms with E-state index in [1.54, 1.807) is 12.1 Å². The van der Waals surface area contributed by atoms with Crippen LogP contribution in [0.3, 0.4) is 0 Å². The number of halogens is 1. The molecule has 0 aliphatic rings. The summed E-state index contributed by atoms with van der Waals surface area (Å²) < 4.78 is 9.26. The van der Waals surface area contributed by atoms with Gasteiger partial charge < -0.3 is 9.52 Å². The number of rotatable bonds is 2. The fraction of sp³-hybridized carbons (Fsp3) is 0.0909. The second-order valence-electron chi connectivity index (χ2n) is 3.53. The third-order valence-corrected chi connectivity index (χ3v) is 3.45. The Bertz CT molecular complexity index is 651. The van der Waals surface area contributed by atoms with Crippen LogP contribution in [0.4, 0.5) is 0 Å². The first kappa shape index (κ1) is 10.7. The van der Waals surface area contributed by atoms with Gasteiger partial charge in [0.1, 0.15) is 11.9 Å². The zero-order valence-corrected chi connectivity index (χ0v) is 10.1. The van der Waals surface area contributed by atoms with E-state index in [0.717, 1.165) is 16.9 Å². The van der Waals surface area contributed by atoms with Crippen molar-refractivity contribution in [1.82, 2.24) is 9.59 Å². The predicted molar refractivity (Wildman–Crippen MR) is 65.2 cm³/mol. The van der Waals surface area contributed by atoms with Gasteiger partial charge in [0.05, 0.1) is 16.1 Å². The lowest BCUT2D eigenvalue weighted by Crippen LogP contribution is -1.94. The number of hydrogen-bond donors (Lipinski definition) is 1. The van der Waals surface area contributed by atoms with Gasteiger partial charge in [-0.05, 0) is 23.7 Å². The first-order valence-corrected chi connectivity index (χ1v) is 6.04. The van der Waals surface area contributed by atoms with Crippen LogP contribution in [0.1, 0.15) is 16.7 Å². The molecule has 86 valence electrons. The maximum Gasteiger partial charge on any atom is 0.153 e. The van der Waals surface area contributed by atoms with Crippen molar-refractivity contribution in [3.05, 3.63) is 46.1 Å². The molecule has 3 aromatic rings. The van der Waals surface area contributed by atoms with E-state index in [1.165, 1.54) is 6.20 Å². The van der Waals surface area contributed by atoms with Crippen molar-refractivity contribution in [2.24, 2.45) is 0 Å². The molecule has 0 saturated heterocycles. The number of aliphatic hydroxyl groups excluding tert-OH is 1. The summed E-state index contributed by atoms with van der Waals surface area (Å²) in [4.78, 5) is 0.639. The van der Waals surface area contributed by atoms with E-state index in [2.05, 4.69) is 9.59 Å². The zero-order chi connectivity index (χ0) is 11.8. The minimum Gasteiger partial charge on any atom is -0.456 e. The second-order valence-corrected chi connectivity index (χ2v) is 4.75. The molecule has 0 aliphatic heterocycles. The standard InChI is InChI=1S/C11H7ClN2O2S/c12-7-3-1-2-6-4-8(16-11(6)7)10(15)9-5-13-14-17-9/h1-5,10,15H. The zero-order valence-electron chi connectivity index (χ0n) is 8.50. The van der Waals surface area contributed by atoms with E-state index in [1.807, 2.05) is 12.1 Å². The molecule has 2 aromatic heterocycles. The number of hydrogen-bond acceptors (Lipinski definition) is 5. The number of furan rings is 1. The molecule has 6 heteroatoms. The number of nitrogens with zero attached hydrogens (tertiary/aromatic N) is 2. The molecule has 0 amide bonds. The summed E-state index contributed by atoms with van der Waals surface area (Å²) in [6, 6.07) is 7.24. The minimum absolute atomic E-state index is 0.444. The highest BCUT2D eigenvalue weighted by Crippen LogP contribution is 2.32. The highest BCUT2D eigenvalue weighted by atomic mass is 35.5. The van der Waals surface area contributed by atoms with Crippen molar-refractivity contribution in [2.75, 3.05) is 0 Å². The molecule has 2 heterocycles. The summed E-state index contributed by atoms with van der Waals surface area (Å²) in [5.74, 6) is 0.444. The molecule has 1 atom stereocenters. The summed E-state index contributed by atoms with van der Waals surface area (Å²) in [5, 5.41) is 15.1. The van der Waals surface area contributed by atoms with Crippen molar-refractivity contribution in [3.8, 4) is 0 Å². The van der Waals surface area contributed by atoms with E-state index < -0.39 is 6.10 Å². The maximum absolute atomic E-state index is 10.1. The SMILES string of the molecule is OC(c1cc2cccc(Cl)c2o1)c1cnns1. The summed E-state index contributed by atoms with van der Waals surface area (Å²) in [5.41, 5.74) is 0.584. The fourth-order valence-electron chi connectivity index (χ4n) is 1.62. The highest BCUT2D eigenvalue weighted by molar-refractivity contribution is 7.05. The van der Waals surface area contributed by atoms with Crippen LogP contribution in [0.5, 0.6) is 0 Å². The average molecular weight is 267 g/mol. The van der Waals surface area contributed by atoms with Gasteiger partial charge in [0.25, 0.3) is 0 Å². The number of aromatic nitrogens is 2. The monoisotopic (exact) mass is 266 g/mol. The van der Waals surface area contributed by atoms with Crippen LogP contribution in [0, 0.1) is 0 Å². The summed E-state index contributed by atoms with van der Waals surface area (Å²) in [7, 11) is 0. The molecule has 17 heavy (non-hydrogen) atoms. The molecule has 0 aliphatic carbocycles. The van der Waals surface area contributed by atoms with Crippen molar-refractivity contribution >= 4 is 34.1 Å². The first-order valence-electron chi connectivity index (χ1n) is 4.89. The van der Waals surface area contributed by atoms with Gasteiger partial charge in [0.2, 0.25) is 0 Å². The molecule has 1 unspecified atom stereocenters. The molecular formula is C11H7ClN2O2S. The van der Waals surface area contributed by atoms with E-state index in [4.69, 9.17) is 16.0 Å². The Morgan fingerprint density at radius 2 is 2.29 bits per heavy atom. The molecule has 0 saturated carbocycles. The van der Waals surface area contributed by atoms with Crippen LogP contribution in [-0.4, -0.2) is 14.7 Å². The molecule has 0 fully saturated rings. The highest BCUT2D eigenvalue weighted by Gasteiger charge is 2.18. The summed E-state index contributed by atoms with van der Waals surface area (Å²) in [6.45, 7) is 0. The average Bonchev–Trinajstić information content (AvgIpc) is 2.98. The fourth-order valence-corrected chi connectivity index (χ4v) is 2.34. The van der Waals surface area contributed by atoms with Crippen LogP contribution < -0.4 is 0 Å². The van der Waals surface area contributed by atoms with Crippen LogP contribution >= 0.6 is 23.1 Å². The Hall–Kier alpha value is -1.43. The van der Waals surface area contributed by atoms with Crippen LogP contribution in [-0.2, 0) is 0 Å². The van der Waals surface area contributed by atoms with Gasteiger partial charge in [-0.3, -0.25) is 0 Å². The lowest BCUT2D eigenvalue weighted by atomic mass is 10.2. The van der Waals surface area contributed by atoms with Gasteiger partial charge in [-0.15, -0.1) is 5.10 Å². The lowest BCUT2D eigenvalue weighted by molar-refractivity contribution is 0.195. The van der Waals surface area contributed by atoms with E-state index in [0.29, 0.717) is 21.2 Å². The smallest absolute Gasteiger partial charge is 0.153 e. The van der Waals surface area contributed by atoms with Crippen molar-refractivity contribution < 1.29 is 9.52 Å². The number of para-hydroxylation sites is 1. The number of benzene rings is 1. The Balaban J connectivity index is 2.10. The van der Waals surface area contributed by atoms with E-state index in [9.17, 15) is 5.11 Å². The Morgan fingerprint density at radius 1 is 1.41 bits per heavy atom. The molecule has 0 spiro atoms. The molecule has 0 radical (unpaired) electrons. The van der Waals surface area contributed by atoms with Crippen molar-refractivity contribution in [3.63, 3.8) is 0 Å². The normalized spacial score (nSPS) is 13.1. The molecular weight excluding hydrogens is 260 g/mol. The Kier molecular flexibility index (Phi) is 2.58. The number of fused-ring (bicyclic) bond motifs is 1. The van der Waals surface area contributed by atoms with Gasteiger partial charge in [0.15, 0.2) is 5.58 Å². The van der Waals surface area contributed by atoms with Gasteiger partial charge in [-0.2, -0.15) is 0 Å². The van der Waals surface area contributed by atoms with Gasteiger partial charge in [-0.25, -0.2) is 0 Å². The third-order valence-electron chi connectivity index (χ3n) is 2.43. The summed E-state index contributed by atoms with van der Waals surface area (Å²) >= 11 is 7.14. The van der Waals surface area contributed by atoms with E-state index in [-0.39, 0.29) is 0 Å². The van der Waals surface area contributed by atoms with Gasteiger partial charge in [-0.1, -0.05) is 28.2 Å². The quantitative estimate of drug-likeness (QED) is 0.775. The molecule has 0 bridgehead atoms. The molecule has 1 aromatic carbocycles. The van der Waals surface area contributed by atoms with Crippen LogP contribution in [0.15, 0.2) is 34.9 Å². The Labute approximate surface area is 106 Å². The maximum atomic E-state index is 10.1. The van der Waals surface area contributed by atoms with Crippen molar-refractivity contribution in [2.45, 2.75) is 6.10 Å². The topological polar surface area (TPSA) is 59.2 Å². The predicted octanol–water partition coefficient (Wildman–Crippen LogP) is 3.02. The first-order chi connectivity index (χ1) is 8.25.